The highest BCUT2D eigenvalue weighted by Gasteiger charge is 2.37. The molecule has 3 N–H and O–H groups in total. The molecule has 1 amide bonds. The topological polar surface area (TPSA) is 69.8 Å². The van der Waals surface area contributed by atoms with Crippen LogP contribution in [-0.4, -0.2) is 28.7 Å². The third kappa shape index (κ3) is 2.41. The maximum absolute atomic E-state index is 12.3. The van der Waals surface area contributed by atoms with E-state index < -0.39 is 0 Å². The Morgan fingerprint density at radius 1 is 1.44 bits per heavy atom. The molecule has 2 rings (SSSR count). The predicted octanol–water partition coefficient (Wildman–Crippen LogP) is 1.74. The average molecular weight is 250 g/mol. The molecule has 5 nitrogen and oxygen atoms in total. The molecule has 1 aliphatic heterocycles. The highest BCUT2D eigenvalue weighted by molar-refractivity contribution is 5.95. The molecule has 0 saturated carbocycles. The van der Waals surface area contributed by atoms with Crippen LogP contribution in [0.25, 0.3) is 0 Å². The maximum Gasteiger partial charge on any atom is 0.243 e. The SMILES string of the molecule is Cc1[nH]nc(NC(=O)C2NCCCC2(C)C)c1C. The van der Waals surface area contributed by atoms with Crippen LogP contribution in [0.3, 0.4) is 0 Å². The van der Waals surface area contributed by atoms with Gasteiger partial charge in [-0.1, -0.05) is 13.8 Å². The number of nitrogens with one attached hydrogen (secondary N) is 3. The van der Waals surface area contributed by atoms with Crippen molar-refractivity contribution in [3.63, 3.8) is 0 Å². The van der Waals surface area contributed by atoms with Crippen molar-refractivity contribution < 1.29 is 4.79 Å². The largest absolute Gasteiger partial charge is 0.308 e. The lowest BCUT2D eigenvalue weighted by Crippen LogP contribution is -2.53. The summed E-state index contributed by atoms with van der Waals surface area (Å²) in [6, 6.07) is -0.150. The number of H-pyrrole nitrogens is 1. The summed E-state index contributed by atoms with van der Waals surface area (Å²) >= 11 is 0. The molecule has 1 aliphatic rings. The average Bonchev–Trinajstić information content (AvgIpc) is 2.60. The number of carbonyl (C=O) groups is 1. The lowest BCUT2D eigenvalue weighted by molar-refractivity contribution is -0.121. The van der Waals surface area contributed by atoms with Gasteiger partial charge in [0.1, 0.15) is 0 Å². The number of piperidine rings is 1. The molecule has 1 atom stereocenters. The van der Waals surface area contributed by atoms with E-state index in [1.807, 2.05) is 13.8 Å². The Balaban J connectivity index is 2.10. The van der Waals surface area contributed by atoms with Gasteiger partial charge in [-0.25, -0.2) is 0 Å². The Morgan fingerprint density at radius 3 is 2.72 bits per heavy atom. The summed E-state index contributed by atoms with van der Waals surface area (Å²) in [5.41, 5.74) is 1.97. The first-order valence-electron chi connectivity index (χ1n) is 6.47. The minimum Gasteiger partial charge on any atom is -0.308 e. The standard InChI is InChI=1S/C13H22N4O/c1-8-9(2)16-17-11(8)15-12(18)10-13(3,4)6-5-7-14-10/h10,14H,5-7H2,1-4H3,(H2,15,16,17,18). The van der Waals surface area contributed by atoms with Crippen LogP contribution >= 0.6 is 0 Å². The van der Waals surface area contributed by atoms with Gasteiger partial charge in [-0.2, -0.15) is 5.10 Å². The van der Waals surface area contributed by atoms with Crippen molar-refractivity contribution in [2.24, 2.45) is 5.41 Å². The summed E-state index contributed by atoms with van der Waals surface area (Å²) in [6.07, 6.45) is 2.19. The van der Waals surface area contributed by atoms with Crippen molar-refractivity contribution in [2.75, 3.05) is 11.9 Å². The Morgan fingerprint density at radius 2 is 2.17 bits per heavy atom. The fourth-order valence-electron chi connectivity index (χ4n) is 2.45. The molecule has 1 fully saturated rings. The number of nitrogens with zero attached hydrogens (tertiary/aromatic N) is 1. The van der Waals surface area contributed by atoms with Crippen LogP contribution < -0.4 is 10.6 Å². The molecule has 0 bridgehead atoms. The first-order chi connectivity index (χ1) is 8.42. The monoisotopic (exact) mass is 250 g/mol. The molecule has 18 heavy (non-hydrogen) atoms. The minimum atomic E-state index is -0.150. The molecule has 1 aromatic heterocycles. The second kappa shape index (κ2) is 4.72. The van der Waals surface area contributed by atoms with Crippen LogP contribution in [0.1, 0.15) is 37.9 Å². The minimum absolute atomic E-state index is 0.00861. The van der Waals surface area contributed by atoms with E-state index in [0.717, 1.165) is 30.6 Å². The van der Waals surface area contributed by atoms with Crippen molar-refractivity contribution >= 4 is 11.7 Å². The van der Waals surface area contributed by atoms with Crippen molar-refractivity contribution in [1.82, 2.24) is 15.5 Å². The number of hydrogen-bond acceptors (Lipinski definition) is 3. The molecular formula is C13H22N4O. The zero-order chi connectivity index (χ0) is 13.3. The number of amides is 1. The normalized spacial score (nSPS) is 22.8. The summed E-state index contributed by atoms with van der Waals surface area (Å²) in [4.78, 5) is 12.3. The number of hydrogen-bond donors (Lipinski definition) is 3. The van der Waals surface area contributed by atoms with Crippen LogP contribution in [0, 0.1) is 19.3 Å². The van der Waals surface area contributed by atoms with E-state index in [1.165, 1.54) is 0 Å². The summed E-state index contributed by atoms with van der Waals surface area (Å²) in [6.45, 7) is 9.06. The van der Waals surface area contributed by atoms with E-state index in [2.05, 4.69) is 34.7 Å². The van der Waals surface area contributed by atoms with Crippen LogP contribution in [0.2, 0.25) is 0 Å². The van der Waals surface area contributed by atoms with Gasteiger partial charge in [0.25, 0.3) is 0 Å². The van der Waals surface area contributed by atoms with Crippen molar-refractivity contribution in [1.29, 1.82) is 0 Å². The van der Waals surface area contributed by atoms with Crippen molar-refractivity contribution in [3.8, 4) is 0 Å². The van der Waals surface area contributed by atoms with Gasteiger partial charge in [-0.05, 0) is 38.6 Å². The first kappa shape index (κ1) is 13.1. The van der Waals surface area contributed by atoms with Crippen molar-refractivity contribution in [2.45, 2.75) is 46.6 Å². The van der Waals surface area contributed by atoms with Gasteiger partial charge in [0.05, 0.1) is 6.04 Å². The molecule has 1 aromatic rings. The maximum atomic E-state index is 12.3. The molecule has 0 radical (unpaired) electrons. The molecule has 0 spiro atoms. The van der Waals surface area contributed by atoms with Gasteiger partial charge in [-0.3, -0.25) is 9.89 Å². The predicted molar refractivity (Wildman–Crippen MR) is 71.5 cm³/mol. The van der Waals surface area contributed by atoms with Gasteiger partial charge in [0.15, 0.2) is 5.82 Å². The zero-order valence-corrected chi connectivity index (χ0v) is 11.6. The lowest BCUT2D eigenvalue weighted by Gasteiger charge is -2.38. The molecule has 100 valence electrons. The quantitative estimate of drug-likeness (QED) is 0.749. The highest BCUT2D eigenvalue weighted by atomic mass is 16.2. The van der Waals surface area contributed by atoms with Crippen LogP contribution in [0.15, 0.2) is 0 Å². The zero-order valence-electron chi connectivity index (χ0n) is 11.6. The highest BCUT2D eigenvalue weighted by Crippen LogP contribution is 2.30. The summed E-state index contributed by atoms with van der Waals surface area (Å²) in [5.74, 6) is 0.648. The second-order valence-corrected chi connectivity index (χ2v) is 5.79. The number of aryl methyl sites for hydroxylation is 1. The van der Waals surface area contributed by atoms with Gasteiger partial charge in [-0.15, -0.1) is 0 Å². The summed E-state index contributed by atoms with van der Waals surface area (Å²) in [5, 5.41) is 13.2. The number of aromatic amines is 1. The summed E-state index contributed by atoms with van der Waals surface area (Å²) in [7, 11) is 0. The Bertz CT molecular complexity index is 450. The van der Waals surface area contributed by atoms with Gasteiger partial charge < -0.3 is 10.6 Å². The Kier molecular flexibility index (Phi) is 3.43. The Labute approximate surface area is 108 Å². The smallest absolute Gasteiger partial charge is 0.243 e. The molecule has 1 unspecified atom stereocenters. The molecule has 1 saturated heterocycles. The molecule has 0 aliphatic carbocycles. The first-order valence-corrected chi connectivity index (χ1v) is 6.47. The van der Waals surface area contributed by atoms with Crippen LogP contribution in [-0.2, 0) is 4.79 Å². The van der Waals surface area contributed by atoms with Crippen molar-refractivity contribution in [3.05, 3.63) is 11.3 Å². The molecule has 0 aromatic carbocycles. The number of carbonyl (C=O) groups excluding carboxylic acids is 1. The molecule has 2 heterocycles. The second-order valence-electron chi connectivity index (χ2n) is 5.79. The number of anilines is 1. The van der Waals surface area contributed by atoms with E-state index in [-0.39, 0.29) is 17.4 Å². The number of aromatic nitrogens is 2. The van der Waals surface area contributed by atoms with E-state index in [9.17, 15) is 4.79 Å². The summed E-state index contributed by atoms with van der Waals surface area (Å²) < 4.78 is 0. The Hall–Kier alpha value is -1.36. The third-order valence-electron chi connectivity index (χ3n) is 3.88. The molecule has 5 heteroatoms. The number of rotatable bonds is 2. The van der Waals surface area contributed by atoms with Gasteiger partial charge in [0, 0.05) is 11.3 Å². The fourth-order valence-corrected chi connectivity index (χ4v) is 2.45. The van der Waals surface area contributed by atoms with Crippen LogP contribution in [0.4, 0.5) is 5.82 Å². The van der Waals surface area contributed by atoms with E-state index in [0.29, 0.717) is 5.82 Å². The fraction of sp³-hybridized carbons (Fsp3) is 0.692. The third-order valence-corrected chi connectivity index (χ3v) is 3.88. The van der Waals surface area contributed by atoms with E-state index in [4.69, 9.17) is 0 Å². The van der Waals surface area contributed by atoms with Gasteiger partial charge >= 0.3 is 0 Å². The van der Waals surface area contributed by atoms with Crippen LogP contribution in [0.5, 0.6) is 0 Å². The van der Waals surface area contributed by atoms with E-state index in [1.54, 1.807) is 0 Å². The van der Waals surface area contributed by atoms with E-state index >= 15 is 0 Å². The van der Waals surface area contributed by atoms with Gasteiger partial charge in [0.2, 0.25) is 5.91 Å². The lowest BCUT2D eigenvalue weighted by atomic mass is 9.77. The molecular weight excluding hydrogens is 228 g/mol.